The molecule has 0 aliphatic rings. The lowest BCUT2D eigenvalue weighted by Crippen LogP contribution is -2.36. The van der Waals surface area contributed by atoms with Crippen molar-refractivity contribution >= 4 is 27.1 Å². The van der Waals surface area contributed by atoms with Crippen LogP contribution in [0.5, 0.6) is 0 Å². The summed E-state index contributed by atoms with van der Waals surface area (Å²) in [6.07, 6.45) is 5.95. The average Bonchev–Trinajstić information content (AvgIpc) is 2.84. The molecule has 0 radical (unpaired) electrons. The lowest BCUT2D eigenvalue weighted by atomic mass is 10.1. The number of hydrogen-bond donors (Lipinski definition) is 2. The minimum atomic E-state index is -3.49. The normalized spacial score (nSPS) is 11.7. The number of pyridine rings is 1. The second-order valence-electron chi connectivity index (χ2n) is 7.59. The molecule has 0 aliphatic heterocycles. The summed E-state index contributed by atoms with van der Waals surface area (Å²) in [7, 11) is -2.08. The molecule has 0 bridgehead atoms. The Hall–Kier alpha value is -3.08. The number of benzene rings is 1. The van der Waals surface area contributed by atoms with Gasteiger partial charge in [0.1, 0.15) is 11.4 Å². The van der Waals surface area contributed by atoms with Crippen molar-refractivity contribution in [3.63, 3.8) is 0 Å². The predicted molar refractivity (Wildman–Crippen MR) is 129 cm³/mol. The Kier molecular flexibility index (Phi) is 8.70. The fourth-order valence-corrected chi connectivity index (χ4v) is 4.22. The third kappa shape index (κ3) is 6.95. The summed E-state index contributed by atoms with van der Waals surface area (Å²) in [6.45, 7) is 0.708. The van der Waals surface area contributed by atoms with Crippen LogP contribution in [0.25, 0.3) is 0 Å². The first-order valence-corrected chi connectivity index (χ1v) is 12.4. The second-order valence-corrected chi connectivity index (χ2v) is 9.68. The van der Waals surface area contributed by atoms with Gasteiger partial charge in [-0.05, 0) is 30.5 Å². The number of sulfonamides is 1. The zero-order valence-electron chi connectivity index (χ0n) is 18.5. The Morgan fingerprint density at radius 2 is 1.58 bits per heavy atom. The van der Waals surface area contributed by atoms with E-state index < -0.39 is 20.9 Å². The summed E-state index contributed by atoms with van der Waals surface area (Å²) in [4.78, 5) is 32.9. The Morgan fingerprint density at radius 1 is 0.909 bits per heavy atom. The molecule has 0 unspecified atom stereocenters. The van der Waals surface area contributed by atoms with Gasteiger partial charge in [-0.15, -0.1) is 0 Å². The van der Waals surface area contributed by atoms with Crippen LogP contribution in [0.1, 0.15) is 31.2 Å². The molecule has 1 aromatic heterocycles. The van der Waals surface area contributed by atoms with E-state index in [1.54, 1.807) is 24.5 Å². The number of aromatic nitrogens is 1. The minimum Gasteiger partial charge on any atom is -0.380 e. The zero-order chi connectivity index (χ0) is 23.7. The number of nitrogens with zero attached hydrogens (tertiary/aromatic N) is 2. The fraction of sp³-hybridized carbons (Fsp3) is 0.348. The number of rotatable bonds is 14. The molecular weight excluding hydrogens is 444 g/mol. The van der Waals surface area contributed by atoms with Crippen molar-refractivity contribution in [1.29, 1.82) is 0 Å². The topological polar surface area (TPSA) is 118 Å². The van der Waals surface area contributed by atoms with Crippen LogP contribution in [0.2, 0.25) is 0 Å². The summed E-state index contributed by atoms with van der Waals surface area (Å²) in [6, 6.07) is 12.8. The Labute approximate surface area is 193 Å². The van der Waals surface area contributed by atoms with E-state index in [9.17, 15) is 18.0 Å². The SMILES string of the molecule is CN(OCc1ccccc1)S(=O)(=O)CCCCCCNc1c(Nc2ccncc2)c(=O)c1=O. The highest BCUT2D eigenvalue weighted by Crippen LogP contribution is 2.20. The molecule has 0 aliphatic carbocycles. The van der Waals surface area contributed by atoms with Gasteiger partial charge in [0.15, 0.2) is 0 Å². The van der Waals surface area contributed by atoms with Crippen LogP contribution in [0.15, 0.2) is 64.4 Å². The Balaban J connectivity index is 1.33. The molecule has 3 rings (SSSR count). The molecular formula is C23H28N4O5S. The fourth-order valence-electron chi connectivity index (χ4n) is 3.18. The van der Waals surface area contributed by atoms with E-state index in [2.05, 4.69) is 15.6 Å². The van der Waals surface area contributed by atoms with Crippen LogP contribution >= 0.6 is 0 Å². The molecule has 176 valence electrons. The monoisotopic (exact) mass is 472 g/mol. The van der Waals surface area contributed by atoms with E-state index in [4.69, 9.17) is 4.84 Å². The van der Waals surface area contributed by atoms with Gasteiger partial charge in [0, 0.05) is 31.7 Å². The van der Waals surface area contributed by atoms with Gasteiger partial charge in [0.2, 0.25) is 10.0 Å². The summed E-state index contributed by atoms with van der Waals surface area (Å²) in [5.41, 5.74) is 1.05. The van der Waals surface area contributed by atoms with E-state index in [1.165, 1.54) is 7.05 Å². The molecule has 0 spiro atoms. The van der Waals surface area contributed by atoms with Gasteiger partial charge in [-0.2, -0.15) is 0 Å². The first-order valence-electron chi connectivity index (χ1n) is 10.8. The molecule has 2 aromatic carbocycles. The third-order valence-corrected chi connectivity index (χ3v) is 6.83. The molecule has 0 saturated heterocycles. The Morgan fingerprint density at radius 3 is 2.30 bits per heavy atom. The lowest BCUT2D eigenvalue weighted by molar-refractivity contribution is -0.0769. The molecule has 0 fully saturated rings. The van der Waals surface area contributed by atoms with Crippen molar-refractivity contribution in [2.24, 2.45) is 0 Å². The van der Waals surface area contributed by atoms with Crippen LogP contribution in [0.4, 0.5) is 17.1 Å². The predicted octanol–water partition coefficient (Wildman–Crippen LogP) is 2.79. The summed E-state index contributed by atoms with van der Waals surface area (Å²) in [5, 5.41) is 5.95. The van der Waals surface area contributed by atoms with Crippen molar-refractivity contribution < 1.29 is 13.3 Å². The van der Waals surface area contributed by atoms with Crippen molar-refractivity contribution in [3.05, 3.63) is 80.9 Å². The van der Waals surface area contributed by atoms with Gasteiger partial charge in [0.05, 0.1) is 12.4 Å². The highest BCUT2D eigenvalue weighted by molar-refractivity contribution is 7.88. The molecule has 9 nitrogen and oxygen atoms in total. The number of unbranched alkanes of at least 4 members (excludes halogenated alkanes) is 3. The van der Waals surface area contributed by atoms with Crippen LogP contribution in [-0.4, -0.2) is 37.2 Å². The number of nitrogens with one attached hydrogen (secondary N) is 2. The maximum absolute atomic E-state index is 12.3. The van der Waals surface area contributed by atoms with Crippen molar-refractivity contribution in [2.75, 3.05) is 30.0 Å². The molecule has 33 heavy (non-hydrogen) atoms. The molecule has 10 heteroatoms. The smallest absolute Gasteiger partial charge is 0.253 e. The third-order valence-electron chi connectivity index (χ3n) is 5.14. The zero-order valence-corrected chi connectivity index (χ0v) is 19.3. The number of anilines is 3. The molecule has 3 aromatic rings. The summed E-state index contributed by atoms with van der Waals surface area (Å²) < 4.78 is 25.6. The lowest BCUT2D eigenvalue weighted by Gasteiger charge is -2.17. The molecule has 1 heterocycles. The van der Waals surface area contributed by atoms with Gasteiger partial charge in [0.25, 0.3) is 10.9 Å². The number of hydroxylamine groups is 1. The van der Waals surface area contributed by atoms with Crippen molar-refractivity contribution in [2.45, 2.75) is 32.3 Å². The van der Waals surface area contributed by atoms with Gasteiger partial charge in [-0.25, -0.2) is 8.42 Å². The molecule has 0 amide bonds. The maximum Gasteiger partial charge on any atom is 0.253 e. The second kappa shape index (κ2) is 11.7. The van der Waals surface area contributed by atoms with Crippen LogP contribution in [0, 0.1) is 0 Å². The van der Waals surface area contributed by atoms with E-state index in [1.807, 2.05) is 30.3 Å². The highest BCUT2D eigenvalue weighted by Gasteiger charge is 2.21. The minimum absolute atomic E-state index is 0.00383. The molecule has 2 N–H and O–H groups in total. The first-order chi connectivity index (χ1) is 15.9. The van der Waals surface area contributed by atoms with Crippen LogP contribution in [0.3, 0.4) is 0 Å². The Bertz CT molecular complexity index is 1190. The average molecular weight is 473 g/mol. The molecule has 0 saturated carbocycles. The maximum atomic E-state index is 12.3. The van der Waals surface area contributed by atoms with E-state index in [-0.39, 0.29) is 23.7 Å². The largest absolute Gasteiger partial charge is 0.380 e. The highest BCUT2D eigenvalue weighted by atomic mass is 32.2. The van der Waals surface area contributed by atoms with Gasteiger partial charge in [-0.1, -0.05) is 47.6 Å². The summed E-state index contributed by atoms with van der Waals surface area (Å²) in [5.74, 6) is 0.00383. The quantitative estimate of drug-likeness (QED) is 0.209. The van der Waals surface area contributed by atoms with Crippen LogP contribution < -0.4 is 21.5 Å². The van der Waals surface area contributed by atoms with Gasteiger partial charge >= 0.3 is 0 Å². The molecule has 0 atom stereocenters. The van der Waals surface area contributed by atoms with Crippen molar-refractivity contribution in [3.8, 4) is 0 Å². The summed E-state index contributed by atoms with van der Waals surface area (Å²) >= 11 is 0. The van der Waals surface area contributed by atoms with Crippen LogP contribution in [-0.2, 0) is 21.5 Å². The van der Waals surface area contributed by atoms with Gasteiger partial charge in [-0.3, -0.25) is 19.4 Å². The van der Waals surface area contributed by atoms with Gasteiger partial charge < -0.3 is 10.6 Å². The van der Waals surface area contributed by atoms with Crippen molar-refractivity contribution in [1.82, 2.24) is 9.45 Å². The number of hydrogen-bond acceptors (Lipinski definition) is 8. The van der Waals surface area contributed by atoms with E-state index >= 15 is 0 Å². The van der Waals surface area contributed by atoms with E-state index in [0.29, 0.717) is 18.7 Å². The standard InChI is InChI=1S/C23H28N4O5S/c1-27(32-17-18-9-5-4-6-10-18)33(30,31)16-8-3-2-7-13-25-20-21(23(29)22(20)28)26-19-11-14-24-15-12-19/h4-6,9-12,14-15,25H,2-3,7-8,13,16-17H2,1H3,(H,24,26). The van der Waals surface area contributed by atoms with E-state index in [0.717, 1.165) is 29.3 Å². The first kappa shape index (κ1) is 24.6.